The van der Waals surface area contributed by atoms with Gasteiger partial charge in [0.1, 0.15) is 0 Å². The van der Waals surface area contributed by atoms with E-state index in [2.05, 4.69) is 27.4 Å². The lowest BCUT2D eigenvalue weighted by molar-refractivity contribution is -0.111. The number of hydrogen-bond acceptors (Lipinski definition) is 6. The average molecular weight is 297 g/mol. The number of ether oxygens (including phenoxy) is 1. The van der Waals surface area contributed by atoms with Crippen molar-refractivity contribution < 1.29 is 9.15 Å². The molecule has 0 saturated carbocycles. The second-order valence-electron chi connectivity index (χ2n) is 5.88. The van der Waals surface area contributed by atoms with Gasteiger partial charge in [-0.25, -0.2) is 0 Å². The van der Waals surface area contributed by atoms with E-state index in [0.29, 0.717) is 17.5 Å². The highest BCUT2D eigenvalue weighted by molar-refractivity contribution is 5.54. The molecule has 1 fully saturated rings. The molecule has 0 radical (unpaired) electrons. The summed E-state index contributed by atoms with van der Waals surface area (Å²) in [5, 5.41) is 16.3. The van der Waals surface area contributed by atoms with Crippen molar-refractivity contribution in [1.82, 2.24) is 25.2 Å². The molecule has 2 aromatic heterocycles. The molecular weight excluding hydrogens is 282 g/mol. The Kier molecular flexibility index (Phi) is 3.00. The van der Waals surface area contributed by atoms with Crippen LogP contribution in [-0.4, -0.2) is 38.4 Å². The van der Waals surface area contributed by atoms with E-state index in [1.165, 1.54) is 0 Å². The van der Waals surface area contributed by atoms with Gasteiger partial charge in [0.2, 0.25) is 5.89 Å². The van der Waals surface area contributed by atoms with Crippen LogP contribution in [0.25, 0.3) is 23.0 Å². The topological polar surface area (TPSA) is 78.9 Å². The van der Waals surface area contributed by atoms with Crippen molar-refractivity contribution in [2.75, 3.05) is 13.2 Å². The van der Waals surface area contributed by atoms with Gasteiger partial charge in [0.05, 0.1) is 26.0 Å². The molecule has 1 aliphatic rings. The molecule has 3 heterocycles. The largest absolute Gasteiger partial charge is 0.414 e. The fourth-order valence-corrected chi connectivity index (χ4v) is 2.43. The Morgan fingerprint density at radius 3 is 2.59 bits per heavy atom. The first kappa shape index (κ1) is 13.1. The summed E-state index contributed by atoms with van der Waals surface area (Å²) >= 11 is 0. The van der Waals surface area contributed by atoms with Crippen LogP contribution in [0, 0.1) is 5.41 Å². The van der Waals surface area contributed by atoms with Crippen molar-refractivity contribution in [1.29, 1.82) is 0 Å². The van der Waals surface area contributed by atoms with E-state index < -0.39 is 0 Å². The molecule has 0 amide bonds. The van der Waals surface area contributed by atoms with Gasteiger partial charge in [0, 0.05) is 11.0 Å². The van der Waals surface area contributed by atoms with Crippen LogP contribution in [0.3, 0.4) is 0 Å². The van der Waals surface area contributed by atoms with Crippen LogP contribution in [0.1, 0.15) is 6.92 Å². The maximum absolute atomic E-state index is 5.68. The van der Waals surface area contributed by atoms with Crippen molar-refractivity contribution in [2.45, 2.75) is 13.5 Å². The molecule has 0 N–H and O–H groups in total. The Morgan fingerprint density at radius 2 is 1.86 bits per heavy atom. The second-order valence-corrected chi connectivity index (χ2v) is 5.88. The van der Waals surface area contributed by atoms with Crippen molar-refractivity contribution >= 4 is 0 Å². The van der Waals surface area contributed by atoms with E-state index in [9.17, 15) is 0 Å². The third-order valence-corrected chi connectivity index (χ3v) is 3.65. The van der Waals surface area contributed by atoms with E-state index in [1.807, 2.05) is 36.5 Å². The fraction of sp³-hybridized carbons (Fsp3) is 0.333. The van der Waals surface area contributed by atoms with Gasteiger partial charge in [0.25, 0.3) is 5.89 Å². The van der Waals surface area contributed by atoms with Gasteiger partial charge in [-0.2, -0.15) is 0 Å². The zero-order chi connectivity index (χ0) is 15.0. The van der Waals surface area contributed by atoms with Gasteiger partial charge in [-0.1, -0.05) is 30.3 Å². The number of hydrogen-bond donors (Lipinski definition) is 0. The maximum atomic E-state index is 5.68. The number of benzene rings is 1. The summed E-state index contributed by atoms with van der Waals surface area (Å²) < 4.78 is 12.7. The lowest BCUT2D eigenvalue weighted by atomic mass is 9.89. The minimum atomic E-state index is 0.134. The first-order valence-corrected chi connectivity index (χ1v) is 7.09. The van der Waals surface area contributed by atoms with Crippen molar-refractivity contribution in [3.63, 3.8) is 0 Å². The van der Waals surface area contributed by atoms with Crippen molar-refractivity contribution in [3.8, 4) is 23.0 Å². The normalized spacial score (nSPS) is 16.4. The predicted molar refractivity (Wildman–Crippen MR) is 77.7 cm³/mol. The van der Waals surface area contributed by atoms with Gasteiger partial charge in [-0.15, -0.1) is 15.3 Å². The van der Waals surface area contributed by atoms with Crippen LogP contribution in [-0.2, 0) is 11.3 Å². The highest BCUT2D eigenvalue weighted by Crippen LogP contribution is 2.29. The Labute approximate surface area is 126 Å². The number of aromatic nitrogens is 5. The van der Waals surface area contributed by atoms with Crippen LogP contribution in [0.15, 0.2) is 40.9 Å². The van der Waals surface area contributed by atoms with E-state index in [1.54, 1.807) is 4.68 Å². The first-order valence-electron chi connectivity index (χ1n) is 7.09. The Balaban J connectivity index is 1.55. The van der Waals surface area contributed by atoms with Gasteiger partial charge < -0.3 is 9.15 Å². The van der Waals surface area contributed by atoms with Crippen LogP contribution in [0.2, 0.25) is 0 Å². The van der Waals surface area contributed by atoms with Gasteiger partial charge in [0.15, 0.2) is 5.69 Å². The number of nitrogens with zero attached hydrogens (tertiary/aromatic N) is 5. The molecule has 0 unspecified atom stereocenters. The minimum absolute atomic E-state index is 0.134. The number of rotatable bonds is 4. The summed E-state index contributed by atoms with van der Waals surface area (Å²) in [6.07, 6.45) is 1.83. The summed E-state index contributed by atoms with van der Waals surface area (Å²) in [5.74, 6) is 0.852. The minimum Gasteiger partial charge on any atom is -0.414 e. The lowest BCUT2D eigenvalue weighted by Crippen LogP contribution is -2.43. The van der Waals surface area contributed by atoms with Gasteiger partial charge >= 0.3 is 0 Å². The van der Waals surface area contributed by atoms with Gasteiger partial charge in [-0.05, 0) is 12.1 Å². The zero-order valence-corrected chi connectivity index (χ0v) is 12.1. The summed E-state index contributed by atoms with van der Waals surface area (Å²) in [4.78, 5) is 0. The monoisotopic (exact) mass is 297 g/mol. The molecule has 4 rings (SSSR count). The smallest absolute Gasteiger partial charge is 0.270 e. The van der Waals surface area contributed by atoms with Crippen LogP contribution >= 0.6 is 0 Å². The Bertz CT molecular complexity index is 776. The van der Waals surface area contributed by atoms with Crippen LogP contribution in [0.5, 0.6) is 0 Å². The fourth-order valence-electron chi connectivity index (χ4n) is 2.43. The van der Waals surface area contributed by atoms with E-state index >= 15 is 0 Å². The molecule has 112 valence electrons. The molecule has 7 heteroatoms. The summed E-state index contributed by atoms with van der Waals surface area (Å²) in [6.45, 7) is 4.43. The molecule has 22 heavy (non-hydrogen) atoms. The molecule has 7 nitrogen and oxygen atoms in total. The highest BCUT2D eigenvalue weighted by Gasteiger charge is 2.34. The molecule has 0 atom stereocenters. The van der Waals surface area contributed by atoms with Crippen LogP contribution < -0.4 is 0 Å². The summed E-state index contributed by atoms with van der Waals surface area (Å²) in [7, 11) is 0. The highest BCUT2D eigenvalue weighted by atomic mass is 16.5. The second kappa shape index (κ2) is 5.03. The molecule has 3 aromatic rings. The third kappa shape index (κ3) is 2.39. The average Bonchev–Trinajstić information content (AvgIpc) is 3.15. The Hall–Kier alpha value is -2.54. The molecule has 1 aliphatic heterocycles. The first-order chi connectivity index (χ1) is 10.7. The molecule has 1 aromatic carbocycles. The molecule has 0 bridgehead atoms. The summed E-state index contributed by atoms with van der Waals surface area (Å²) in [6, 6.07) is 9.64. The van der Waals surface area contributed by atoms with Crippen molar-refractivity contribution in [3.05, 3.63) is 36.5 Å². The molecule has 0 aliphatic carbocycles. The molecule has 0 spiro atoms. The maximum Gasteiger partial charge on any atom is 0.270 e. The van der Waals surface area contributed by atoms with E-state index in [-0.39, 0.29) is 5.41 Å². The van der Waals surface area contributed by atoms with Gasteiger partial charge in [-0.3, -0.25) is 4.68 Å². The quantitative estimate of drug-likeness (QED) is 0.733. The summed E-state index contributed by atoms with van der Waals surface area (Å²) in [5.41, 5.74) is 1.60. The van der Waals surface area contributed by atoms with E-state index in [4.69, 9.17) is 9.15 Å². The molecule has 1 saturated heterocycles. The SMILES string of the molecule is CC1(Cn2cc(-c3nnc(-c4ccccc4)o3)nn2)COC1. The molecular formula is C15H15N5O2. The van der Waals surface area contributed by atoms with E-state index in [0.717, 1.165) is 25.3 Å². The van der Waals surface area contributed by atoms with Crippen molar-refractivity contribution in [2.24, 2.45) is 5.41 Å². The lowest BCUT2D eigenvalue weighted by Gasteiger charge is -2.37. The third-order valence-electron chi connectivity index (χ3n) is 3.65. The zero-order valence-electron chi connectivity index (χ0n) is 12.1. The predicted octanol–water partition coefficient (Wildman–Crippen LogP) is 2.03. The standard InChI is InChI=1S/C15H15N5O2/c1-15(9-21-10-15)8-20-7-12(16-19-20)14-18-17-13(22-14)11-5-3-2-4-6-11/h2-7H,8-10H2,1H3. The Morgan fingerprint density at radius 1 is 1.09 bits per heavy atom. The van der Waals surface area contributed by atoms with Crippen LogP contribution in [0.4, 0.5) is 0 Å².